The van der Waals surface area contributed by atoms with Gasteiger partial charge in [0.1, 0.15) is 6.10 Å². The highest BCUT2D eigenvalue weighted by Gasteiger charge is 2.45. The van der Waals surface area contributed by atoms with Gasteiger partial charge in [0.05, 0.1) is 19.6 Å². The van der Waals surface area contributed by atoms with E-state index in [1.165, 1.54) is 51.4 Å². The molecule has 0 radical (unpaired) electrons. The third kappa shape index (κ3) is 16.6. The summed E-state index contributed by atoms with van der Waals surface area (Å²) in [4.78, 5) is 37.4. The molecule has 0 spiro atoms. The summed E-state index contributed by atoms with van der Waals surface area (Å²) in [6, 6.07) is 0. The first-order valence-corrected chi connectivity index (χ1v) is 16.5. The van der Waals surface area contributed by atoms with Crippen molar-refractivity contribution < 1.29 is 28.6 Å². The van der Waals surface area contributed by atoms with Crippen molar-refractivity contribution in [3.63, 3.8) is 0 Å². The van der Waals surface area contributed by atoms with Crippen LogP contribution in [0.3, 0.4) is 0 Å². The first-order chi connectivity index (χ1) is 19.8. The van der Waals surface area contributed by atoms with Gasteiger partial charge in [0, 0.05) is 23.9 Å². The maximum Gasteiger partial charge on any atom is 0.307 e. The lowest BCUT2D eigenvalue weighted by molar-refractivity contribution is -0.304. The molecule has 1 unspecified atom stereocenters. The number of hydrogen-bond donors (Lipinski definition) is 2. The van der Waals surface area contributed by atoms with E-state index in [-0.39, 0.29) is 37.4 Å². The van der Waals surface area contributed by atoms with Crippen molar-refractivity contribution in [3.8, 4) is 0 Å². The summed E-state index contributed by atoms with van der Waals surface area (Å²) in [5.74, 6) is -1.43. The van der Waals surface area contributed by atoms with Crippen LogP contribution in [0, 0.1) is 10.8 Å². The maximum atomic E-state index is 12.6. The molecule has 1 fully saturated rings. The van der Waals surface area contributed by atoms with Crippen LogP contribution < -0.4 is 10.6 Å². The van der Waals surface area contributed by atoms with Crippen molar-refractivity contribution in [2.75, 3.05) is 26.3 Å². The third-order valence-corrected chi connectivity index (χ3v) is 7.82. The second-order valence-corrected chi connectivity index (χ2v) is 13.6. The largest absolute Gasteiger partial charge is 0.466 e. The summed E-state index contributed by atoms with van der Waals surface area (Å²) in [6.45, 7) is 14.9. The van der Waals surface area contributed by atoms with Crippen LogP contribution in [0.15, 0.2) is 12.2 Å². The number of amides is 2. The summed E-state index contributed by atoms with van der Waals surface area (Å²) in [5, 5.41) is 5.76. The van der Waals surface area contributed by atoms with Gasteiger partial charge in [-0.25, -0.2) is 0 Å². The highest BCUT2D eigenvalue weighted by atomic mass is 16.7. The Balaban J connectivity index is 2.08. The van der Waals surface area contributed by atoms with Crippen LogP contribution in [0.25, 0.3) is 0 Å². The predicted molar refractivity (Wildman–Crippen MR) is 169 cm³/mol. The molecule has 1 rings (SSSR count). The van der Waals surface area contributed by atoms with Crippen molar-refractivity contribution in [1.29, 1.82) is 0 Å². The monoisotopic (exact) mass is 594 g/mol. The topological polar surface area (TPSA) is 103 Å². The highest BCUT2D eigenvalue weighted by Crippen LogP contribution is 2.34. The average molecular weight is 595 g/mol. The quantitative estimate of drug-likeness (QED) is 0.0795. The third-order valence-electron chi connectivity index (χ3n) is 7.82. The molecule has 2 amide bonds. The van der Waals surface area contributed by atoms with E-state index in [1.807, 2.05) is 27.7 Å². The minimum atomic E-state index is -0.828. The average Bonchev–Trinajstić information content (AvgIpc) is 2.92. The fourth-order valence-electron chi connectivity index (χ4n) is 4.87. The summed E-state index contributed by atoms with van der Waals surface area (Å²) < 4.78 is 16.7. The van der Waals surface area contributed by atoms with Crippen LogP contribution in [0.1, 0.15) is 138 Å². The highest BCUT2D eigenvalue weighted by molar-refractivity contribution is 5.82. The minimum absolute atomic E-state index is 0.0415. The molecule has 0 bridgehead atoms. The molecule has 42 heavy (non-hydrogen) atoms. The number of esters is 1. The van der Waals surface area contributed by atoms with E-state index in [0.717, 1.165) is 25.7 Å². The summed E-state index contributed by atoms with van der Waals surface area (Å²) >= 11 is 0. The van der Waals surface area contributed by atoms with Gasteiger partial charge in [-0.1, -0.05) is 91.7 Å². The minimum Gasteiger partial charge on any atom is -0.466 e. The summed E-state index contributed by atoms with van der Waals surface area (Å²) in [7, 11) is 0. The van der Waals surface area contributed by atoms with Crippen LogP contribution in [-0.4, -0.2) is 56.0 Å². The normalized spacial score (nSPS) is 18.1. The van der Waals surface area contributed by atoms with Crippen LogP contribution in [0.2, 0.25) is 0 Å². The van der Waals surface area contributed by atoms with Crippen molar-refractivity contribution in [1.82, 2.24) is 10.6 Å². The molecule has 8 heteroatoms. The van der Waals surface area contributed by atoms with E-state index in [9.17, 15) is 14.4 Å². The first kappa shape index (κ1) is 38.1. The summed E-state index contributed by atoms with van der Waals surface area (Å²) in [6.07, 6.45) is 19.2. The first-order valence-electron chi connectivity index (χ1n) is 16.5. The fraction of sp³-hybridized carbons (Fsp3) is 0.853. The molecular weight excluding hydrogens is 532 g/mol. The number of allylic oxidation sites excluding steroid dienone is 2. The van der Waals surface area contributed by atoms with E-state index in [1.54, 1.807) is 13.8 Å². The molecule has 244 valence electrons. The summed E-state index contributed by atoms with van der Waals surface area (Å²) in [5.41, 5.74) is -0.881. The molecular formula is C34H62N2O6. The van der Waals surface area contributed by atoms with E-state index >= 15 is 0 Å². The molecule has 0 aromatic rings. The van der Waals surface area contributed by atoms with Gasteiger partial charge in [-0.2, -0.15) is 0 Å². The predicted octanol–water partition coefficient (Wildman–Crippen LogP) is 7.00. The zero-order valence-electron chi connectivity index (χ0n) is 27.9. The Morgan fingerprint density at radius 3 is 2.12 bits per heavy atom. The number of hydrogen-bond acceptors (Lipinski definition) is 6. The maximum absolute atomic E-state index is 12.6. The van der Waals surface area contributed by atoms with Gasteiger partial charge in [-0.05, 0) is 52.4 Å². The van der Waals surface area contributed by atoms with Gasteiger partial charge in [-0.15, -0.1) is 0 Å². The molecule has 0 saturated carbocycles. The Morgan fingerprint density at radius 2 is 1.48 bits per heavy atom. The zero-order valence-corrected chi connectivity index (χ0v) is 27.9. The standard InChI is InChI=1S/C34H62N2O6/c1-8-9-10-11-12-13-14-15-16-17-18-19-20-23-32(2,3)31(39)36-24-21-26-40-28(37)22-25-35-30(38)29-33(4,5)27-41-34(6,7)42-29/h14-15,29H,8-13,16-27H2,1-7H3,(H,35,38)(H,36,39). The van der Waals surface area contributed by atoms with E-state index in [0.29, 0.717) is 19.6 Å². The van der Waals surface area contributed by atoms with Crippen LogP contribution in [0.4, 0.5) is 0 Å². The molecule has 2 N–H and O–H groups in total. The number of carbonyl (C=O) groups excluding carboxylic acids is 3. The second-order valence-electron chi connectivity index (χ2n) is 13.6. The molecule has 1 heterocycles. The van der Waals surface area contributed by atoms with E-state index in [2.05, 4.69) is 29.7 Å². The van der Waals surface area contributed by atoms with Crippen molar-refractivity contribution >= 4 is 17.8 Å². The molecule has 0 aromatic carbocycles. The van der Waals surface area contributed by atoms with Crippen molar-refractivity contribution in [2.45, 2.75) is 150 Å². The Kier molecular flexibility index (Phi) is 18.2. The SMILES string of the molecule is CCCCCCCC=CCCCCCCC(C)(C)C(=O)NCCCOC(=O)CCNC(=O)C1OC(C)(C)OCC1(C)C. The molecule has 0 aliphatic carbocycles. The fourth-order valence-corrected chi connectivity index (χ4v) is 4.87. The second kappa shape index (κ2) is 20.1. The van der Waals surface area contributed by atoms with Gasteiger partial charge in [-0.3, -0.25) is 14.4 Å². The smallest absolute Gasteiger partial charge is 0.307 e. The van der Waals surface area contributed by atoms with Gasteiger partial charge in [0.25, 0.3) is 0 Å². The zero-order chi connectivity index (χ0) is 31.5. The van der Waals surface area contributed by atoms with Gasteiger partial charge >= 0.3 is 5.97 Å². The van der Waals surface area contributed by atoms with Crippen LogP contribution in [-0.2, 0) is 28.6 Å². The van der Waals surface area contributed by atoms with Crippen LogP contribution in [0.5, 0.6) is 0 Å². The Labute approximate surface area is 256 Å². The van der Waals surface area contributed by atoms with Gasteiger partial charge < -0.3 is 24.8 Å². The molecule has 1 saturated heterocycles. The molecule has 1 aliphatic rings. The Hall–Kier alpha value is -1.93. The number of rotatable bonds is 22. The van der Waals surface area contributed by atoms with Crippen molar-refractivity contribution in [3.05, 3.63) is 12.2 Å². The number of carbonyl (C=O) groups is 3. The Bertz CT molecular complexity index is 821. The lowest BCUT2D eigenvalue weighted by Gasteiger charge is -2.44. The van der Waals surface area contributed by atoms with Gasteiger partial charge in [0.15, 0.2) is 5.79 Å². The molecule has 0 aromatic heterocycles. The molecule has 1 aliphatic heterocycles. The number of nitrogens with one attached hydrogen (secondary N) is 2. The molecule has 1 atom stereocenters. The van der Waals surface area contributed by atoms with Crippen LogP contribution >= 0.6 is 0 Å². The number of ether oxygens (including phenoxy) is 3. The van der Waals surface area contributed by atoms with E-state index in [4.69, 9.17) is 14.2 Å². The molecule has 8 nitrogen and oxygen atoms in total. The Morgan fingerprint density at radius 1 is 0.857 bits per heavy atom. The lowest BCUT2D eigenvalue weighted by atomic mass is 9.85. The van der Waals surface area contributed by atoms with E-state index < -0.39 is 22.7 Å². The van der Waals surface area contributed by atoms with Gasteiger partial charge in [0.2, 0.25) is 11.8 Å². The lowest BCUT2D eigenvalue weighted by Crippen LogP contribution is -2.56. The van der Waals surface area contributed by atoms with Crippen molar-refractivity contribution in [2.24, 2.45) is 10.8 Å². The number of unbranched alkanes of at least 4 members (excludes halogenated alkanes) is 9.